The normalized spacial score (nSPS) is 13.3. The van der Waals surface area contributed by atoms with Crippen LogP contribution in [0.2, 0.25) is 5.02 Å². The minimum absolute atomic E-state index is 0.234. The first-order valence-corrected chi connectivity index (χ1v) is 5.56. The molecule has 0 aliphatic heterocycles. The molecule has 80 valence electrons. The second-order valence-corrected chi connectivity index (χ2v) is 4.40. The molecule has 1 atom stereocenters. The Bertz CT molecular complexity index is 460. The molecular formula is C12H15ClN2. The van der Waals surface area contributed by atoms with Crippen molar-refractivity contribution < 1.29 is 0 Å². The molecule has 0 bridgehead atoms. The van der Waals surface area contributed by atoms with Gasteiger partial charge in [0.15, 0.2) is 0 Å². The molecule has 0 fully saturated rings. The van der Waals surface area contributed by atoms with E-state index in [1.807, 2.05) is 31.3 Å². The molecule has 0 aliphatic rings. The summed E-state index contributed by atoms with van der Waals surface area (Å²) in [6.07, 6.45) is 3.98. The topological polar surface area (TPSA) is 41.8 Å². The maximum Gasteiger partial charge on any atom is 0.0502 e. The van der Waals surface area contributed by atoms with E-state index in [-0.39, 0.29) is 6.04 Å². The summed E-state index contributed by atoms with van der Waals surface area (Å²) >= 11 is 6.17. The first kappa shape index (κ1) is 10.5. The van der Waals surface area contributed by atoms with Gasteiger partial charge in [-0.15, -0.1) is 0 Å². The van der Waals surface area contributed by atoms with Crippen LogP contribution in [0.25, 0.3) is 10.9 Å². The maximum absolute atomic E-state index is 6.17. The third-order valence-electron chi connectivity index (χ3n) is 2.61. The minimum Gasteiger partial charge on any atom is -0.361 e. The molecule has 0 radical (unpaired) electrons. The fraction of sp³-hybridized carbons (Fsp3) is 0.333. The Balaban J connectivity index is 2.35. The highest BCUT2D eigenvalue weighted by molar-refractivity contribution is 6.35. The summed E-state index contributed by atoms with van der Waals surface area (Å²) in [6, 6.07) is 6.15. The average molecular weight is 223 g/mol. The highest BCUT2D eigenvalue weighted by Crippen LogP contribution is 2.27. The van der Waals surface area contributed by atoms with Crippen molar-refractivity contribution in [1.29, 1.82) is 0 Å². The van der Waals surface area contributed by atoms with E-state index >= 15 is 0 Å². The number of hydrogen-bond acceptors (Lipinski definition) is 1. The van der Waals surface area contributed by atoms with Crippen molar-refractivity contribution in [3.63, 3.8) is 0 Å². The van der Waals surface area contributed by atoms with Crippen LogP contribution in [-0.4, -0.2) is 11.0 Å². The number of aromatic nitrogens is 1. The Labute approximate surface area is 94.4 Å². The van der Waals surface area contributed by atoms with Gasteiger partial charge in [-0.25, -0.2) is 0 Å². The standard InChI is InChI=1S/C12H15ClN2/c1-8(14)5-6-9-7-15-11-4-2-3-10(13)12(9)11/h2-4,7-8,15H,5-6,14H2,1H3. The zero-order valence-electron chi connectivity index (χ0n) is 8.76. The molecule has 1 aromatic carbocycles. The summed E-state index contributed by atoms with van der Waals surface area (Å²) < 4.78 is 0. The number of nitrogens with two attached hydrogens (primary N) is 1. The molecule has 0 saturated heterocycles. The molecule has 1 aromatic heterocycles. The van der Waals surface area contributed by atoms with E-state index in [9.17, 15) is 0 Å². The fourth-order valence-electron chi connectivity index (χ4n) is 1.79. The molecule has 1 heterocycles. The minimum atomic E-state index is 0.234. The van der Waals surface area contributed by atoms with Gasteiger partial charge in [0.25, 0.3) is 0 Å². The summed E-state index contributed by atoms with van der Waals surface area (Å²) in [5, 5.41) is 1.95. The van der Waals surface area contributed by atoms with Gasteiger partial charge in [-0.3, -0.25) is 0 Å². The lowest BCUT2D eigenvalue weighted by Crippen LogP contribution is -2.15. The van der Waals surface area contributed by atoms with Crippen LogP contribution in [0.15, 0.2) is 24.4 Å². The Kier molecular flexibility index (Phi) is 2.98. The van der Waals surface area contributed by atoms with Gasteiger partial charge in [0, 0.05) is 23.1 Å². The summed E-state index contributed by atoms with van der Waals surface area (Å²) in [5.41, 5.74) is 8.10. The van der Waals surface area contributed by atoms with E-state index in [0.29, 0.717) is 0 Å². The third-order valence-corrected chi connectivity index (χ3v) is 2.92. The van der Waals surface area contributed by atoms with Crippen molar-refractivity contribution >= 4 is 22.5 Å². The highest BCUT2D eigenvalue weighted by Gasteiger charge is 2.07. The van der Waals surface area contributed by atoms with E-state index in [4.69, 9.17) is 17.3 Å². The van der Waals surface area contributed by atoms with Crippen LogP contribution in [0.1, 0.15) is 18.9 Å². The number of aryl methyl sites for hydroxylation is 1. The van der Waals surface area contributed by atoms with Gasteiger partial charge in [0.1, 0.15) is 0 Å². The van der Waals surface area contributed by atoms with Crippen molar-refractivity contribution in [2.45, 2.75) is 25.8 Å². The number of benzene rings is 1. The number of H-pyrrole nitrogens is 1. The van der Waals surface area contributed by atoms with Gasteiger partial charge in [-0.1, -0.05) is 17.7 Å². The number of hydrogen-bond donors (Lipinski definition) is 2. The van der Waals surface area contributed by atoms with Crippen LogP contribution in [0.5, 0.6) is 0 Å². The van der Waals surface area contributed by atoms with Crippen LogP contribution < -0.4 is 5.73 Å². The predicted molar refractivity (Wildman–Crippen MR) is 65.3 cm³/mol. The lowest BCUT2D eigenvalue weighted by Gasteiger charge is -2.04. The second-order valence-electron chi connectivity index (χ2n) is 3.99. The third kappa shape index (κ3) is 2.16. The van der Waals surface area contributed by atoms with E-state index in [1.165, 1.54) is 5.56 Å². The van der Waals surface area contributed by atoms with Gasteiger partial charge in [-0.2, -0.15) is 0 Å². The lowest BCUT2D eigenvalue weighted by molar-refractivity contribution is 0.668. The van der Waals surface area contributed by atoms with Gasteiger partial charge in [0.05, 0.1) is 5.02 Å². The quantitative estimate of drug-likeness (QED) is 0.824. The molecule has 2 nitrogen and oxygen atoms in total. The van der Waals surface area contributed by atoms with Crippen molar-refractivity contribution in [2.75, 3.05) is 0 Å². The second kappa shape index (κ2) is 4.25. The number of fused-ring (bicyclic) bond motifs is 1. The summed E-state index contributed by atoms with van der Waals surface area (Å²) in [6.45, 7) is 2.02. The molecule has 0 aliphatic carbocycles. The smallest absolute Gasteiger partial charge is 0.0502 e. The molecule has 15 heavy (non-hydrogen) atoms. The molecule has 3 heteroatoms. The van der Waals surface area contributed by atoms with Crippen molar-refractivity contribution in [3.8, 4) is 0 Å². The monoisotopic (exact) mass is 222 g/mol. The molecule has 3 N–H and O–H groups in total. The number of rotatable bonds is 3. The van der Waals surface area contributed by atoms with E-state index in [1.54, 1.807) is 0 Å². The van der Waals surface area contributed by atoms with E-state index < -0.39 is 0 Å². The molecule has 2 aromatic rings. The maximum atomic E-state index is 6.17. The van der Waals surface area contributed by atoms with Gasteiger partial charge in [-0.05, 0) is 37.5 Å². The van der Waals surface area contributed by atoms with Crippen LogP contribution in [0.4, 0.5) is 0 Å². The van der Waals surface area contributed by atoms with Crippen molar-refractivity contribution in [2.24, 2.45) is 5.73 Å². The summed E-state index contributed by atoms with van der Waals surface area (Å²) in [5.74, 6) is 0. The zero-order valence-corrected chi connectivity index (χ0v) is 9.51. The predicted octanol–water partition coefficient (Wildman–Crippen LogP) is 3.10. The number of aromatic amines is 1. The first-order chi connectivity index (χ1) is 7.18. The van der Waals surface area contributed by atoms with Crippen LogP contribution in [-0.2, 0) is 6.42 Å². The number of nitrogens with one attached hydrogen (secondary N) is 1. The van der Waals surface area contributed by atoms with Crippen LogP contribution in [0.3, 0.4) is 0 Å². The van der Waals surface area contributed by atoms with Crippen molar-refractivity contribution in [3.05, 3.63) is 35.0 Å². The van der Waals surface area contributed by atoms with Crippen LogP contribution >= 0.6 is 11.6 Å². The molecule has 2 rings (SSSR count). The molecule has 0 amide bonds. The van der Waals surface area contributed by atoms with E-state index in [2.05, 4.69) is 4.98 Å². The van der Waals surface area contributed by atoms with Crippen molar-refractivity contribution in [1.82, 2.24) is 4.98 Å². The lowest BCUT2D eigenvalue weighted by atomic mass is 10.1. The Morgan fingerprint density at radius 2 is 2.27 bits per heavy atom. The summed E-state index contributed by atoms with van der Waals surface area (Å²) in [7, 11) is 0. The fourth-order valence-corrected chi connectivity index (χ4v) is 2.08. The molecule has 0 saturated carbocycles. The largest absolute Gasteiger partial charge is 0.361 e. The number of halogens is 1. The molecule has 0 spiro atoms. The summed E-state index contributed by atoms with van der Waals surface area (Å²) in [4.78, 5) is 3.23. The van der Waals surface area contributed by atoms with Gasteiger partial charge in [0.2, 0.25) is 0 Å². The Hall–Kier alpha value is -0.990. The van der Waals surface area contributed by atoms with Gasteiger partial charge >= 0.3 is 0 Å². The SMILES string of the molecule is CC(N)CCc1c[nH]c2cccc(Cl)c12. The molecule has 1 unspecified atom stereocenters. The Morgan fingerprint density at radius 3 is 3.00 bits per heavy atom. The zero-order chi connectivity index (χ0) is 10.8. The van der Waals surface area contributed by atoms with Gasteiger partial charge < -0.3 is 10.7 Å². The first-order valence-electron chi connectivity index (χ1n) is 5.18. The average Bonchev–Trinajstić information content (AvgIpc) is 2.59. The van der Waals surface area contributed by atoms with E-state index in [0.717, 1.165) is 28.8 Å². The highest BCUT2D eigenvalue weighted by atomic mass is 35.5. The Morgan fingerprint density at radius 1 is 1.47 bits per heavy atom. The molecular weight excluding hydrogens is 208 g/mol. The van der Waals surface area contributed by atoms with Crippen LogP contribution in [0, 0.1) is 0 Å².